The first-order valence-electron chi connectivity index (χ1n) is 10.5. The molecule has 1 aliphatic rings. The van der Waals surface area contributed by atoms with Crippen LogP contribution in [0.15, 0.2) is 11.9 Å². The van der Waals surface area contributed by atoms with Gasteiger partial charge in [0.15, 0.2) is 11.2 Å². The van der Waals surface area contributed by atoms with Crippen LogP contribution in [0.5, 0.6) is 0 Å². The van der Waals surface area contributed by atoms with E-state index in [0.717, 1.165) is 19.0 Å². The zero-order valence-electron chi connectivity index (χ0n) is 20.7. The first kappa shape index (κ1) is 29.1. The van der Waals surface area contributed by atoms with Crippen molar-refractivity contribution in [3.8, 4) is 0 Å². The Kier molecular flexibility index (Phi) is 8.90. The standard InChI is InChI=1S/C21H35FNO9P/c1-10-29-33(27,30-11-2)13-12-20(22)14-21(20,15(24)28-9)23(16(25)31-18(3,4)5)17(26)32-19(6,7)8/h12-13H,10-11,14H2,1-9H3/t20-,21+/m0/s1. The molecular weight excluding hydrogens is 460 g/mol. The van der Waals surface area contributed by atoms with Crippen LogP contribution in [0.1, 0.15) is 61.8 Å². The molecule has 0 N–H and O–H groups in total. The molecule has 1 rings (SSSR count). The van der Waals surface area contributed by atoms with E-state index in [0.29, 0.717) is 0 Å². The topological polar surface area (TPSA) is 118 Å². The Morgan fingerprint density at radius 2 is 1.39 bits per heavy atom. The monoisotopic (exact) mass is 495 g/mol. The van der Waals surface area contributed by atoms with Crippen LogP contribution < -0.4 is 0 Å². The quantitative estimate of drug-likeness (QED) is 0.261. The van der Waals surface area contributed by atoms with Gasteiger partial charge in [0.1, 0.15) is 11.2 Å². The molecule has 10 nitrogen and oxygen atoms in total. The van der Waals surface area contributed by atoms with E-state index in [-0.39, 0.29) is 18.1 Å². The Balaban J connectivity index is 3.55. The number of ether oxygens (including phenoxy) is 3. The first-order valence-corrected chi connectivity index (χ1v) is 12.1. The molecule has 0 aliphatic heterocycles. The number of hydrogen-bond donors (Lipinski definition) is 0. The van der Waals surface area contributed by atoms with Gasteiger partial charge in [0.25, 0.3) is 0 Å². The summed E-state index contributed by atoms with van der Waals surface area (Å²) in [5.74, 6) is -0.346. The molecular formula is C21H35FNO9P. The minimum atomic E-state index is -3.84. The van der Waals surface area contributed by atoms with Gasteiger partial charge in [-0.05, 0) is 61.5 Å². The lowest BCUT2D eigenvalue weighted by Gasteiger charge is -2.33. The van der Waals surface area contributed by atoms with Crippen molar-refractivity contribution in [2.75, 3.05) is 20.3 Å². The van der Waals surface area contributed by atoms with Crippen molar-refractivity contribution in [3.05, 3.63) is 11.9 Å². The lowest BCUT2D eigenvalue weighted by atomic mass is 10.1. The number of nitrogens with zero attached hydrogens (tertiary/aromatic N) is 1. The molecule has 33 heavy (non-hydrogen) atoms. The fourth-order valence-corrected chi connectivity index (χ4v) is 4.37. The van der Waals surface area contributed by atoms with Gasteiger partial charge in [-0.3, -0.25) is 4.57 Å². The number of carbonyl (C=O) groups is 3. The summed E-state index contributed by atoms with van der Waals surface area (Å²) in [5, 5.41) is 0. The summed E-state index contributed by atoms with van der Waals surface area (Å²) in [7, 11) is -2.85. The average Bonchev–Trinajstić information content (AvgIpc) is 3.23. The van der Waals surface area contributed by atoms with Crippen LogP contribution in [0.3, 0.4) is 0 Å². The normalized spacial score (nSPS) is 23.2. The maximum absolute atomic E-state index is 16.0. The highest BCUT2D eigenvalue weighted by molar-refractivity contribution is 7.57. The number of imide groups is 1. The number of alkyl halides is 1. The largest absolute Gasteiger partial charge is 0.467 e. The third-order valence-corrected chi connectivity index (χ3v) is 6.02. The van der Waals surface area contributed by atoms with E-state index in [9.17, 15) is 18.9 Å². The minimum absolute atomic E-state index is 0.0188. The number of hydrogen-bond acceptors (Lipinski definition) is 9. The molecule has 1 fully saturated rings. The van der Waals surface area contributed by atoms with Gasteiger partial charge in [-0.1, -0.05) is 0 Å². The molecule has 0 aromatic carbocycles. The molecule has 0 spiro atoms. The highest BCUT2D eigenvalue weighted by Crippen LogP contribution is 2.60. The minimum Gasteiger partial charge on any atom is -0.467 e. The highest BCUT2D eigenvalue weighted by atomic mass is 31.2. The third-order valence-electron chi connectivity index (χ3n) is 4.27. The molecule has 0 bridgehead atoms. The van der Waals surface area contributed by atoms with Crippen molar-refractivity contribution in [2.45, 2.75) is 84.2 Å². The number of rotatable bonds is 8. The lowest BCUT2D eigenvalue weighted by molar-refractivity contribution is -0.150. The number of amides is 2. The summed E-state index contributed by atoms with van der Waals surface area (Å²) in [6, 6.07) is 0. The van der Waals surface area contributed by atoms with Gasteiger partial charge in [0, 0.05) is 12.2 Å². The van der Waals surface area contributed by atoms with E-state index in [1.807, 2.05) is 0 Å². The van der Waals surface area contributed by atoms with E-state index in [1.165, 1.54) is 0 Å². The van der Waals surface area contributed by atoms with E-state index >= 15 is 4.39 Å². The van der Waals surface area contributed by atoms with E-state index in [2.05, 4.69) is 0 Å². The van der Waals surface area contributed by atoms with Crippen molar-refractivity contribution < 1.29 is 46.6 Å². The van der Waals surface area contributed by atoms with Crippen molar-refractivity contribution in [2.24, 2.45) is 0 Å². The summed E-state index contributed by atoms with van der Waals surface area (Å²) >= 11 is 0. The Hall–Kier alpha value is -1.97. The van der Waals surface area contributed by atoms with Crippen LogP contribution in [0.4, 0.5) is 14.0 Å². The second-order valence-corrected chi connectivity index (χ2v) is 11.3. The predicted molar refractivity (Wildman–Crippen MR) is 118 cm³/mol. The number of methoxy groups -OCH3 is 1. The summed E-state index contributed by atoms with van der Waals surface area (Å²) in [6.45, 7) is 12.4. The summed E-state index contributed by atoms with van der Waals surface area (Å²) in [6.07, 6.45) is -2.47. The lowest BCUT2D eigenvalue weighted by Crippen LogP contribution is -2.57. The van der Waals surface area contributed by atoms with Crippen molar-refractivity contribution in [3.63, 3.8) is 0 Å². The number of halogens is 1. The Labute approximate surface area is 194 Å². The molecule has 0 heterocycles. The van der Waals surface area contributed by atoms with E-state index in [1.54, 1.807) is 55.4 Å². The Morgan fingerprint density at radius 1 is 0.970 bits per heavy atom. The second-order valence-electron chi connectivity index (χ2n) is 9.38. The highest BCUT2D eigenvalue weighted by Gasteiger charge is 2.80. The fraction of sp³-hybridized carbons (Fsp3) is 0.762. The van der Waals surface area contributed by atoms with E-state index in [4.69, 9.17) is 23.3 Å². The van der Waals surface area contributed by atoms with Crippen LogP contribution in [0.25, 0.3) is 0 Å². The van der Waals surface area contributed by atoms with Gasteiger partial charge >= 0.3 is 25.8 Å². The summed E-state index contributed by atoms with van der Waals surface area (Å²) in [5.41, 5.74) is -7.22. The van der Waals surface area contributed by atoms with Gasteiger partial charge in [0.05, 0.1) is 20.3 Å². The van der Waals surface area contributed by atoms with E-state index < -0.39 is 54.6 Å². The molecule has 0 unspecified atom stereocenters. The SMILES string of the molecule is CCOP(=O)(C=C[C@]1(F)C[C@]1(C(=O)OC)N(C(=O)OC(C)(C)C)C(=O)OC(C)(C)C)OCC. The van der Waals surface area contributed by atoms with Crippen LogP contribution in [0.2, 0.25) is 0 Å². The average molecular weight is 495 g/mol. The predicted octanol–water partition coefficient (Wildman–Crippen LogP) is 4.96. The number of carbonyl (C=O) groups excluding carboxylic acids is 3. The van der Waals surface area contributed by atoms with Gasteiger partial charge in [0.2, 0.25) is 0 Å². The van der Waals surface area contributed by atoms with Gasteiger partial charge < -0.3 is 23.3 Å². The smallest absolute Gasteiger partial charge is 0.421 e. The molecule has 0 saturated heterocycles. The zero-order chi connectivity index (χ0) is 25.9. The van der Waals surface area contributed by atoms with Crippen LogP contribution in [-0.2, 0) is 32.6 Å². The zero-order valence-corrected chi connectivity index (χ0v) is 21.6. The summed E-state index contributed by atoms with van der Waals surface area (Å²) in [4.78, 5) is 39.0. The molecule has 0 aromatic heterocycles. The van der Waals surface area contributed by atoms with Crippen LogP contribution >= 0.6 is 7.60 Å². The Morgan fingerprint density at radius 3 is 1.73 bits per heavy atom. The van der Waals surface area contributed by atoms with Gasteiger partial charge in [-0.2, -0.15) is 4.90 Å². The molecule has 1 aliphatic carbocycles. The third kappa shape index (κ3) is 7.01. The molecule has 2 atom stereocenters. The van der Waals surface area contributed by atoms with Crippen molar-refractivity contribution >= 4 is 25.8 Å². The maximum Gasteiger partial charge on any atom is 0.421 e. The Bertz CT molecular complexity index is 795. The molecule has 2 amide bonds. The van der Waals surface area contributed by atoms with Gasteiger partial charge in [-0.15, -0.1) is 0 Å². The molecule has 1 saturated carbocycles. The van der Waals surface area contributed by atoms with Crippen LogP contribution in [0, 0.1) is 0 Å². The molecule has 190 valence electrons. The molecule has 12 heteroatoms. The summed E-state index contributed by atoms with van der Waals surface area (Å²) < 4.78 is 54.2. The first-order chi connectivity index (χ1) is 14.9. The number of esters is 1. The molecule has 0 aromatic rings. The van der Waals surface area contributed by atoms with Gasteiger partial charge in [-0.25, -0.2) is 18.8 Å². The fourth-order valence-electron chi connectivity index (χ4n) is 2.99. The molecule has 0 radical (unpaired) electrons. The maximum atomic E-state index is 16.0. The van der Waals surface area contributed by atoms with Crippen LogP contribution in [-0.4, -0.2) is 65.8 Å². The van der Waals surface area contributed by atoms with Crippen molar-refractivity contribution in [1.29, 1.82) is 0 Å². The van der Waals surface area contributed by atoms with Crippen molar-refractivity contribution in [1.82, 2.24) is 4.90 Å². The second kappa shape index (κ2) is 10.1.